The summed E-state index contributed by atoms with van der Waals surface area (Å²) in [4.78, 5) is 4.35. The first-order valence-electron chi connectivity index (χ1n) is 5.88. The minimum atomic E-state index is 0.770. The predicted octanol–water partition coefficient (Wildman–Crippen LogP) is 3.37. The molecule has 0 amide bonds. The van der Waals surface area contributed by atoms with Crippen molar-refractivity contribution in [3.63, 3.8) is 0 Å². The van der Waals surface area contributed by atoms with Crippen LogP contribution in [0.15, 0.2) is 35.4 Å². The number of rotatable bonds is 2. The first-order chi connectivity index (χ1) is 8.22. The molecule has 1 aliphatic rings. The van der Waals surface area contributed by atoms with Crippen LogP contribution in [0.25, 0.3) is 5.57 Å². The van der Waals surface area contributed by atoms with Gasteiger partial charge >= 0.3 is 0 Å². The van der Waals surface area contributed by atoms with E-state index in [1.807, 2.05) is 13.3 Å². The van der Waals surface area contributed by atoms with E-state index in [2.05, 4.69) is 54.5 Å². The van der Waals surface area contributed by atoms with Gasteiger partial charge in [0.2, 0.25) is 0 Å². The molecule has 0 aliphatic carbocycles. The summed E-state index contributed by atoms with van der Waals surface area (Å²) in [5.41, 5.74) is 6.16. The number of nitrogens with zero attached hydrogens (tertiary/aromatic N) is 1. The van der Waals surface area contributed by atoms with Gasteiger partial charge in [-0.3, -0.25) is 4.99 Å². The number of benzene rings is 1. The zero-order valence-corrected chi connectivity index (χ0v) is 10.6. The lowest BCUT2D eigenvalue weighted by Crippen LogP contribution is -1.97. The molecule has 1 aromatic carbocycles. The third kappa shape index (κ3) is 2.47. The average Bonchev–Trinajstić information content (AvgIpc) is 2.60. The van der Waals surface area contributed by atoms with E-state index >= 15 is 0 Å². The van der Waals surface area contributed by atoms with E-state index in [4.69, 9.17) is 0 Å². The highest BCUT2D eigenvalue weighted by atomic mass is 14.8. The van der Waals surface area contributed by atoms with Crippen molar-refractivity contribution in [3.8, 4) is 0 Å². The van der Waals surface area contributed by atoms with Gasteiger partial charge in [-0.2, -0.15) is 0 Å². The largest absolute Gasteiger partial charge is 0.388 e. The molecule has 1 aliphatic heterocycles. The summed E-state index contributed by atoms with van der Waals surface area (Å²) in [6.45, 7) is 5.03. The van der Waals surface area contributed by atoms with Crippen molar-refractivity contribution in [1.29, 1.82) is 0 Å². The second-order valence-corrected chi connectivity index (χ2v) is 4.28. The monoisotopic (exact) mass is 226 g/mol. The number of nitrogens with one attached hydrogen (secondary N) is 1. The maximum absolute atomic E-state index is 4.35. The minimum absolute atomic E-state index is 0.770. The number of hydrogen-bond acceptors (Lipinski definition) is 2. The second-order valence-electron chi connectivity index (χ2n) is 4.28. The van der Waals surface area contributed by atoms with Gasteiger partial charge in [-0.05, 0) is 48.2 Å². The van der Waals surface area contributed by atoms with E-state index in [1.54, 1.807) is 0 Å². The standard InChI is InChI=1S/C15H18N2/c1-11-9-15(16-3)12(2)8-14(11)13-6-4-5-7-17-10-13/h4-6,8-10,16H,7H2,1-3H3. The smallest absolute Gasteiger partial charge is 0.0573 e. The lowest BCUT2D eigenvalue weighted by atomic mass is 9.97. The van der Waals surface area contributed by atoms with Gasteiger partial charge in [0.05, 0.1) is 6.54 Å². The molecule has 0 bridgehead atoms. The van der Waals surface area contributed by atoms with Gasteiger partial charge in [-0.1, -0.05) is 18.2 Å². The highest BCUT2D eigenvalue weighted by Crippen LogP contribution is 2.25. The zero-order chi connectivity index (χ0) is 12.3. The number of aliphatic imine (C=N–C) groups is 1. The lowest BCUT2D eigenvalue weighted by molar-refractivity contribution is 1.27. The zero-order valence-electron chi connectivity index (χ0n) is 10.6. The molecule has 1 aromatic rings. The molecule has 88 valence electrons. The van der Waals surface area contributed by atoms with E-state index in [0.29, 0.717) is 0 Å². The van der Waals surface area contributed by atoms with Crippen LogP contribution in [0.2, 0.25) is 0 Å². The summed E-state index contributed by atoms with van der Waals surface area (Å²) in [6.07, 6.45) is 8.22. The molecule has 2 heteroatoms. The first kappa shape index (κ1) is 11.6. The highest BCUT2D eigenvalue weighted by Gasteiger charge is 2.07. The van der Waals surface area contributed by atoms with Gasteiger partial charge in [0.25, 0.3) is 0 Å². The third-order valence-corrected chi connectivity index (χ3v) is 3.00. The molecule has 0 radical (unpaired) electrons. The van der Waals surface area contributed by atoms with E-state index in [1.165, 1.54) is 28.0 Å². The summed E-state index contributed by atoms with van der Waals surface area (Å²) in [7, 11) is 1.95. The normalized spacial score (nSPS) is 14.4. The van der Waals surface area contributed by atoms with Crippen LogP contribution >= 0.6 is 0 Å². The fourth-order valence-corrected chi connectivity index (χ4v) is 2.04. The van der Waals surface area contributed by atoms with Crippen molar-refractivity contribution in [3.05, 3.63) is 47.1 Å². The Balaban J connectivity index is 2.49. The van der Waals surface area contributed by atoms with Crippen molar-refractivity contribution in [1.82, 2.24) is 0 Å². The molecule has 0 atom stereocenters. The van der Waals surface area contributed by atoms with E-state index in [9.17, 15) is 0 Å². The summed E-state index contributed by atoms with van der Waals surface area (Å²) in [6, 6.07) is 4.41. The van der Waals surface area contributed by atoms with Gasteiger partial charge < -0.3 is 5.32 Å². The molecular formula is C15H18N2. The highest BCUT2D eigenvalue weighted by molar-refractivity contribution is 6.11. The quantitative estimate of drug-likeness (QED) is 0.821. The number of hydrogen-bond donors (Lipinski definition) is 1. The Morgan fingerprint density at radius 2 is 2.00 bits per heavy atom. The van der Waals surface area contributed by atoms with E-state index < -0.39 is 0 Å². The third-order valence-electron chi connectivity index (χ3n) is 3.00. The molecule has 0 fully saturated rings. The molecule has 0 unspecified atom stereocenters. The van der Waals surface area contributed by atoms with Crippen molar-refractivity contribution < 1.29 is 0 Å². The Bertz CT molecular complexity index is 508. The van der Waals surface area contributed by atoms with Gasteiger partial charge in [0.15, 0.2) is 0 Å². The van der Waals surface area contributed by atoms with Crippen LogP contribution in [0, 0.1) is 13.8 Å². The second kappa shape index (κ2) is 5.00. The van der Waals surface area contributed by atoms with Gasteiger partial charge in [-0.15, -0.1) is 0 Å². The van der Waals surface area contributed by atoms with Crippen molar-refractivity contribution in [2.45, 2.75) is 13.8 Å². The van der Waals surface area contributed by atoms with Crippen LogP contribution in [0.1, 0.15) is 16.7 Å². The SMILES string of the molecule is CNc1cc(C)c(C2=CC=CCN=C2)cc1C. The fraction of sp³-hybridized carbons (Fsp3) is 0.267. The van der Waals surface area contributed by atoms with Gasteiger partial charge in [-0.25, -0.2) is 0 Å². The van der Waals surface area contributed by atoms with Crippen LogP contribution in [-0.4, -0.2) is 19.8 Å². The Kier molecular flexibility index (Phi) is 3.43. The molecule has 17 heavy (non-hydrogen) atoms. The molecular weight excluding hydrogens is 208 g/mol. The van der Waals surface area contributed by atoms with Gasteiger partial charge in [0.1, 0.15) is 0 Å². The Morgan fingerprint density at radius 3 is 2.76 bits per heavy atom. The molecule has 2 nitrogen and oxygen atoms in total. The molecule has 1 heterocycles. The van der Waals surface area contributed by atoms with E-state index in [-0.39, 0.29) is 0 Å². The Labute approximate surface area is 103 Å². The summed E-state index contributed by atoms with van der Waals surface area (Å²) in [5, 5.41) is 3.21. The number of aryl methyl sites for hydroxylation is 2. The topological polar surface area (TPSA) is 24.4 Å². The predicted molar refractivity (Wildman–Crippen MR) is 75.9 cm³/mol. The Hall–Kier alpha value is -1.83. The molecule has 0 spiro atoms. The molecule has 0 saturated heterocycles. The molecule has 1 N–H and O–H groups in total. The van der Waals surface area contributed by atoms with Crippen molar-refractivity contribution >= 4 is 17.5 Å². The van der Waals surface area contributed by atoms with Gasteiger partial charge in [0, 0.05) is 18.9 Å². The Morgan fingerprint density at radius 1 is 1.18 bits per heavy atom. The summed E-state index contributed by atoms with van der Waals surface area (Å²) in [5.74, 6) is 0. The van der Waals surface area contributed by atoms with E-state index in [0.717, 1.165) is 6.54 Å². The maximum atomic E-state index is 4.35. The van der Waals surface area contributed by atoms with Crippen LogP contribution in [0.5, 0.6) is 0 Å². The maximum Gasteiger partial charge on any atom is 0.0573 e. The molecule has 0 saturated carbocycles. The average molecular weight is 226 g/mol. The van der Waals surface area contributed by atoms with Crippen LogP contribution in [-0.2, 0) is 0 Å². The number of anilines is 1. The number of allylic oxidation sites excluding steroid dienone is 3. The van der Waals surface area contributed by atoms with Crippen LogP contribution in [0.3, 0.4) is 0 Å². The minimum Gasteiger partial charge on any atom is -0.388 e. The lowest BCUT2D eigenvalue weighted by Gasteiger charge is -2.12. The van der Waals surface area contributed by atoms with Crippen LogP contribution in [0.4, 0.5) is 5.69 Å². The summed E-state index contributed by atoms with van der Waals surface area (Å²) < 4.78 is 0. The molecule has 0 aromatic heterocycles. The van der Waals surface area contributed by atoms with Crippen molar-refractivity contribution in [2.24, 2.45) is 4.99 Å². The van der Waals surface area contributed by atoms with Crippen LogP contribution < -0.4 is 5.32 Å². The first-order valence-corrected chi connectivity index (χ1v) is 5.88. The van der Waals surface area contributed by atoms with Crippen molar-refractivity contribution in [2.75, 3.05) is 18.9 Å². The summed E-state index contributed by atoms with van der Waals surface area (Å²) >= 11 is 0. The fourth-order valence-electron chi connectivity index (χ4n) is 2.04. The molecule has 2 rings (SSSR count).